The molecule has 0 saturated carbocycles. The van der Waals surface area contributed by atoms with Crippen LogP contribution < -0.4 is 9.47 Å². The molecule has 5 unspecified atom stereocenters. The van der Waals surface area contributed by atoms with E-state index in [1.54, 1.807) is 18.1 Å². The highest BCUT2D eigenvalue weighted by Gasteiger charge is 2.45. The number of aliphatic hydroxyl groups excluding tert-OH is 4. The molecule has 1 aromatic carbocycles. The standard InChI is InChI=1S/C34H43N3O9/c1-36(2)10-6-12-44-28-15-21-14-24(35-23(21)16-27(28)43-3)33(42)37-11-9-20-13-19-7-4-5-8-22(19)26(17-25(20)37)45-34-32(41)31(40)30(39)29(18-38)46-34/h7-8,14-17,29-32,34-35,38-41H,4-6,9-13,18H2,1-3H3. The lowest BCUT2D eigenvalue weighted by molar-refractivity contribution is -0.290. The van der Waals surface area contributed by atoms with Crippen LogP contribution in [0.4, 0.5) is 0 Å². The van der Waals surface area contributed by atoms with E-state index in [1.165, 1.54) is 0 Å². The average Bonchev–Trinajstić information content (AvgIpc) is 3.61. The molecular weight excluding hydrogens is 594 g/mol. The maximum Gasteiger partial charge on any atom is 0.274 e. The maximum absolute atomic E-state index is 14.1. The highest BCUT2D eigenvalue weighted by molar-refractivity contribution is 6.00. The molecule has 6 rings (SSSR count). The van der Waals surface area contributed by atoms with Gasteiger partial charge < -0.3 is 54.2 Å². The number of carbonyl (C=O) groups excluding carboxylic acids is 1. The molecule has 1 aromatic heterocycles. The van der Waals surface area contributed by atoms with Crippen LogP contribution in [-0.2, 0) is 9.47 Å². The summed E-state index contributed by atoms with van der Waals surface area (Å²) in [6.07, 6.45) is 2.80. The summed E-state index contributed by atoms with van der Waals surface area (Å²) < 4.78 is 23.5. The molecule has 46 heavy (non-hydrogen) atoms. The zero-order valence-corrected chi connectivity index (χ0v) is 26.4. The third-order valence-electron chi connectivity index (χ3n) is 8.96. The first-order chi connectivity index (χ1) is 22.2. The number of aromatic amines is 1. The second-order valence-corrected chi connectivity index (χ2v) is 12.4. The number of nitrogens with one attached hydrogen (secondary N) is 1. The number of methoxy groups -OCH3 is 1. The van der Waals surface area contributed by atoms with Crippen molar-refractivity contribution in [2.24, 2.45) is 0 Å². The van der Waals surface area contributed by atoms with E-state index in [4.69, 9.17) is 18.9 Å². The number of benzene rings is 1. The summed E-state index contributed by atoms with van der Waals surface area (Å²) in [5.41, 5.74) is 4.85. The molecular formula is C34H43N3O9. The molecule has 1 saturated heterocycles. The van der Waals surface area contributed by atoms with Gasteiger partial charge in [-0.15, -0.1) is 0 Å². The van der Waals surface area contributed by atoms with Crippen molar-refractivity contribution in [1.29, 1.82) is 0 Å². The van der Waals surface area contributed by atoms with E-state index in [2.05, 4.69) is 22.0 Å². The van der Waals surface area contributed by atoms with Gasteiger partial charge in [0, 0.05) is 47.4 Å². The lowest BCUT2D eigenvalue weighted by atomic mass is 9.92. The molecule has 5 N–H and O–H groups in total. The summed E-state index contributed by atoms with van der Waals surface area (Å²) in [6, 6.07) is 5.54. The molecule has 0 bridgehead atoms. The van der Waals surface area contributed by atoms with E-state index >= 15 is 0 Å². The molecule has 12 heteroatoms. The fraction of sp³-hybridized carbons (Fsp3) is 0.500. The Morgan fingerprint density at radius 1 is 1.09 bits per heavy atom. The number of aromatic nitrogens is 1. The zero-order chi connectivity index (χ0) is 32.5. The Balaban J connectivity index is 1.28. The van der Waals surface area contributed by atoms with Crippen LogP contribution in [-0.4, -0.2) is 119 Å². The molecule has 2 aliphatic carbocycles. The smallest absolute Gasteiger partial charge is 0.274 e. The van der Waals surface area contributed by atoms with Gasteiger partial charge in [-0.25, -0.2) is 0 Å². The minimum Gasteiger partial charge on any atom is -0.493 e. The highest BCUT2D eigenvalue weighted by Crippen LogP contribution is 2.42. The maximum atomic E-state index is 14.1. The topological polar surface area (TPSA) is 157 Å². The first-order valence-corrected chi connectivity index (χ1v) is 15.8. The Bertz CT molecular complexity index is 1590. The normalized spacial score (nSPS) is 26.3. The number of aliphatic hydroxyl groups is 4. The summed E-state index contributed by atoms with van der Waals surface area (Å²) >= 11 is 0. The van der Waals surface area contributed by atoms with Crippen molar-refractivity contribution in [3.8, 4) is 11.5 Å². The van der Waals surface area contributed by atoms with Gasteiger partial charge in [0.15, 0.2) is 11.5 Å². The second-order valence-electron chi connectivity index (χ2n) is 12.4. The predicted octanol–water partition coefficient (Wildman–Crippen LogP) is 2.36. The molecule has 4 aliphatic rings. The number of fused-ring (bicyclic) bond motifs is 2. The van der Waals surface area contributed by atoms with E-state index < -0.39 is 37.3 Å². The summed E-state index contributed by atoms with van der Waals surface area (Å²) in [7, 11) is 5.63. The predicted molar refractivity (Wildman–Crippen MR) is 169 cm³/mol. The molecule has 2 aromatic rings. The molecule has 1 amide bonds. The summed E-state index contributed by atoms with van der Waals surface area (Å²) in [5.74, 6) is 1.38. The third-order valence-corrected chi connectivity index (χ3v) is 8.96. The van der Waals surface area contributed by atoms with Crippen LogP contribution in [0.3, 0.4) is 0 Å². The quantitative estimate of drug-likeness (QED) is 0.245. The number of ether oxygens (including phenoxy) is 4. The molecule has 1 fully saturated rings. The van der Waals surface area contributed by atoms with E-state index in [0.29, 0.717) is 54.6 Å². The zero-order valence-electron chi connectivity index (χ0n) is 26.4. The average molecular weight is 638 g/mol. The minimum atomic E-state index is -1.57. The van der Waals surface area contributed by atoms with Crippen LogP contribution in [0.5, 0.6) is 11.5 Å². The number of nitrogens with zero attached hydrogens (tertiary/aromatic N) is 2. The Morgan fingerprint density at radius 3 is 2.65 bits per heavy atom. The van der Waals surface area contributed by atoms with Crippen LogP contribution in [0.25, 0.3) is 10.9 Å². The summed E-state index contributed by atoms with van der Waals surface area (Å²) in [6.45, 7) is 1.36. The molecule has 5 atom stereocenters. The van der Waals surface area contributed by atoms with Crippen molar-refractivity contribution >= 4 is 16.8 Å². The number of rotatable bonds is 10. The van der Waals surface area contributed by atoms with E-state index in [1.807, 2.05) is 32.3 Å². The van der Waals surface area contributed by atoms with E-state index in [-0.39, 0.29) is 5.91 Å². The van der Waals surface area contributed by atoms with Crippen LogP contribution >= 0.6 is 0 Å². The van der Waals surface area contributed by atoms with Crippen LogP contribution in [0.2, 0.25) is 0 Å². The van der Waals surface area contributed by atoms with Crippen LogP contribution in [0, 0.1) is 0 Å². The molecule has 12 nitrogen and oxygen atoms in total. The molecule has 2 aliphatic heterocycles. The molecule has 248 valence electrons. The van der Waals surface area contributed by atoms with Crippen molar-refractivity contribution < 1.29 is 44.2 Å². The van der Waals surface area contributed by atoms with Gasteiger partial charge in [0.1, 0.15) is 35.9 Å². The van der Waals surface area contributed by atoms with Gasteiger partial charge >= 0.3 is 0 Å². The number of allylic oxidation sites excluding steroid dienone is 4. The largest absolute Gasteiger partial charge is 0.493 e. The first kappa shape index (κ1) is 32.3. The van der Waals surface area contributed by atoms with Crippen molar-refractivity contribution in [3.05, 3.63) is 70.3 Å². The molecule has 3 heterocycles. The monoisotopic (exact) mass is 637 g/mol. The van der Waals surface area contributed by atoms with Gasteiger partial charge in [-0.3, -0.25) is 4.79 Å². The van der Waals surface area contributed by atoms with Crippen molar-refractivity contribution in [1.82, 2.24) is 14.8 Å². The Morgan fingerprint density at radius 2 is 1.89 bits per heavy atom. The van der Waals surface area contributed by atoms with E-state index in [9.17, 15) is 25.2 Å². The van der Waals surface area contributed by atoms with Gasteiger partial charge in [0.2, 0.25) is 6.29 Å². The van der Waals surface area contributed by atoms with Crippen LogP contribution in [0.15, 0.2) is 64.6 Å². The van der Waals surface area contributed by atoms with Gasteiger partial charge in [-0.05, 0) is 69.5 Å². The van der Waals surface area contributed by atoms with Gasteiger partial charge in [-0.2, -0.15) is 0 Å². The van der Waals surface area contributed by atoms with Gasteiger partial charge in [0.25, 0.3) is 5.91 Å². The van der Waals surface area contributed by atoms with Crippen molar-refractivity contribution in [3.63, 3.8) is 0 Å². The number of H-pyrrole nitrogens is 1. The summed E-state index contributed by atoms with van der Waals surface area (Å²) in [4.78, 5) is 21.2. The lowest BCUT2D eigenvalue weighted by Crippen LogP contribution is -2.59. The Labute approximate surface area is 267 Å². The fourth-order valence-corrected chi connectivity index (χ4v) is 6.46. The molecule has 0 spiro atoms. The third kappa shape index (κ3) is 6.33. The van der Waals surface area contributed by atoms with Crippen molar-refractivity contribution in [2.75, 3.05) is 47.5 Å². The highest BCUT2D eigenvalue weighted by atomic mass is 16.7. The lowest BCUT2D eigenvalue weighted by Gasteiger charge is -2.40. The Hall–Kier alpha value is -3.65. The SMILES string of the molecule is COc1cc2[nH]c(C(=O)N3CCC4=C3C=C(OC3OC(CO)C(O)C(O)C3O)C3=CCCC=C3C4)cc2cc1OCCCN(C)C. The summed E-state index contributed by atoms with van der Waals surface area (Å²) in [5, 5.41) is 41.8. The second kappa shape index (κ2) is 13.6. The fourth-order valence-electron chi connectivity index (χ4n) is 6.46. The van der Waals surface area contributed by atoms with Crippen molar-refractivity contribution in [2.45, 2.75) is 62.8 Å². The number of carbonyl (C=O) groups is 1. The molecule has 0 radical (unpaired) electrons. The number of hydrogen-bond donors (Lipinski definition) is 5. The number of hydrogen-bond acceptors (Lipinski definition) is 10. The minimum absolute atomic E-state index is 0.204. The Kier molecular flexibility index (Phi) is 9.55. The van der Waals surface area contributed by atoms with E-state index in [0.717, 1.165) is 53.4 Å². The van der Waals surface area contributed by atoms with Gasteiger partial charge in [-0.1, -0.05) is 12.2 Å². The van der Waals surface area contributed by atoms with Crippen LogP contribution in [0.1, 0.15) is 42.6 Å². The first-order valence-electron chi connectivity index (χ1n) is 15.8. The number of amides is 1. The van der Waals surface area contributed by atoms with Gasteiger partial charge in [0.05, 0.1) is 20.3 Å².